The molecule has 0 aliphatic heterocycles. The van der Waals surface area contributed by atoms with Crippen molar-refractivity contribution in [3.63, 3.8) is 0 Å². The zero-order valence-corrected chi connectivity index (χ0v) is 20.2. The Morgan fingerprint density at radius 1 is 1.09 bits per heavy atom. The first-order valence-corrected chi connectivity index (χ1v) is 9.27. The van der Waals surface area contributed by atoms with Crippen molar-refractivity contribution in [3.8, 4) is 5.75 Å². The van der Waals surface area contributed by atoms with E-state index in [0.29, 0.717) is 17.6 Å². The van der Waals surface area contributed by atoms with Crippen LogP contribution in [0.4, 0.5) is 0 Å². The van der Waals surface area contributed by atoms with Gasteiger partial charge in [-0.2, -0.15) is 0 Å². The summed E-state index contributed by atoms with van der Waals surface area (Å²) in [6.45, 7) is 6.22. The Labute approximate surface area is 184 Å². The summed E-state index contributed by atoms with van der Waals surface area (Å²) in [4.78, 5) is 23.6. The Hall–Kier alpha value is 1.33. The SMILES string of the molecule is CO[PH]([O-])([O-])Oc1c(C(C)C)cccc1[C@H](C)C1CCC1.[Na+].[Na+]. The van der Waals surface area contributed by atoms with Crippen molar-refractivity contribution < 1.29 is 77.9 Å². The van der Waals surface area contributed by atoms with E-state index in [-0.39, 0.29) is 65.0 Å². The van der Waals surface area contributed by atoms with Crippen LogP contribution in [-0.2, 0) is 4.52 Å². The molecule has 0 aromatic heterocycles. The average Bonchev–Trinajstić information content (AvgIpc) is 2.36. The van der Waals surface area contributed by atoms with Crippen LogP contribution in [0, 0.1) is 5.92 Å². The molecule has 0 unspecified atom stereocenters. The molecule has 7 heteroatoms. The van der Waals surface area contributed by atoms with Crippen LogP contribution in [0.25, 0.3) is 0 Å². The van der Waals surface area contributed by atoms with E-state index in [1.807, 2.05) is 32.0 Å². The molecule has 0 radical (unpaired) electrons. The topological polar surface area (TPSA) is 64.6 Å². The van der Waals surface area contributed by atoms with E-state index in [0.717, 1.165) is 18.2 Å². The van der Waals surface area contributed by atoms with Crippen LogP contribution < -0.4 is 73.4 Å². The van der Waals surface area contributed by atoms with Crippen molar-refractivity contribution in [2.75, 3.05) is 7.11 Å². The minimum absolute atomic E-state index is 0. The molecule has 0 spiro atoms. The molecular formula is C16H25Na2O4P. The first-order valence-electron chi connectivity index (χ1n) is 7.63. The number of hydrogen-bond acceptors (Lipinski definition) is 4. The number of rotatable bonds is 6. The van der Waals surface area contributed by atoms with Gasteiger partial charge >= 0.3 is 186 Å². The van der Waals surface area contributed by atoms with E-state index in [2.05, 4.69) is 11.4 Å². The molecule has 1 atom stereocenters. The fourth-order valence-corrected chi connectivity index (χ4v) is 3.43. The number of benzene rings is 1. The maximum Gasteiger partial charge on any atom is 1.00 e. The van der Waals surface area contributed by atoms with Crippen molar-refractivity contribution in [1.82, 2.24) is 0 Å². The third-order valence-corrected chi connectivity index (χ3v) is 5.48. The van der Waals surface area contributed by atoms with E-state index >= 15 is 0 Å². The van der Waals surface area contributed by atoms with Gasteiger partial charge in [0.1, 0.15) is 0 Å². The van der Waals surface area contributed by atoms with Crippen LogP contribution in [0.1, 0.15) is 63.0 Å². The summed E-state index contributed by atoms with van der Waals surface area (Å²) in [5.41, 5.74) is 1.89. The monoisotopic (exact) mass is 358 g/mol. The van der Waals surface area contributed by atoms with E-state index in [9.17, 15) is 9.79 Å². The molecule has 1 aromatic rings. The largest absolute Gasteiger partial charge is 1.00 e. The van der Waals surface area contributed by atoms with Crippen molar-refractivity contribution >= 4 is 8.17 Å². The minimum Gasteiger partial charge on any atom is 1.00 e. The molecule has 1 aromatic carbocycles. The summed E-state index contributed by atoms with van der Waals surface area (Å²) in [7, 11) is -3.46. The third-order valence-electron chi connectivity index (χ3n) is 4.52. The predicted octanol–water partition coefficient (Wildman–Crippen LogP) is -3.12. The summed E-state index contributed by atoms with van der Waals surface area (Å²) < 4.78 is 9.84. The summed E-state index contributed by atoms with van der Waals surface area (Å²) in [5, 5.41) is 0. The van der Waals surface area contributed by atoms with Crippen molar-refractivity contribution in [3.05, 3.63) is 29.3 Å². The normalized spacial score (nSPS) is 16.8. The molecule has 0 bridgehead atoms. The summed E-state index contributed by atoms with van der Waals surface area (Å²) in [6, 6.07) is 5.89. The van der Waals surface area contributed by atoms with E-state index in [4.69, 9.17) is 4.52 Å². The van der Waals surface area contributed by atoms with Gasteiger partial charge in [-0.3, -0.25) is 0 Å². The second kappa shape index (κ2) is 10.5. The first kappa shape index (κ1) is 24.3. The maximum atomic E-state index is 11.8. The van der Waals surface area contributed by atoms with Gasteiger partial charge in [0.05, 0.1) is 0 Å². The van der Waals surface area contributed by atoms with Gasteiger partial charge < -0.3 is 0 Å². The van der Waals surface area contributed by atoms with Gasteiger partial charge in [-0.25, -0.2) is 0 Å². The van der Waals surface area contributed by atoms with Gasteiger partial charge in [-0.05, 0) is 0 Å². The first-order chi connectivity index (χ1) is 9.85. The second-order valence-electron chi connectivity index (χ2n) is 6.21. The Morgan fingerprint density at radius 3 is 2.09 bits per heavy atom. The predicted molar refractivity (Wildman–Crippen MR) is 82.2 cm³/mol. The average molecular weight is 358 g/mol. The van der Waals surface area contributed by atoms with Crippen LogP contribution in [0.5, 0.6) is 5.75 Å². The zero-order valence-electron chi connectivity index (χ0n) is 15.2. The van der Waals surface area contributed by atoms with Crippen molar-refractivity contribution in [2.24, 2.45) is 5.92 Å². The zero-order chi connectivity index (χ0) is 15.6. The van der Waals surface area contributed by atoms with Crippen molar-refractivity contribution in [1.29, 1.82) is 0 Å². The van der Waals surface area contributed by atoms with Crippen LogP contribution in [0.15, 0.2) is 18.2 Å². The standard InChI is InChI=1S/C16H25O4P.2Na/c1-11(2)14-9-6-10-15(12(3)13-7-5-8-13)16(14)20-21(17,18)19-4;;/h6,9-13,21H,5,7-8H2,1-4H3;;/q-2;2*+1/t12-;;/m1../s1. The number of para-hydroxylation sites is 1. The van der Waals surface area contributed by atoms with Gasteiger partial charge in [0.25, 0.3) is 0 Å². The summed E-state index contributed by atoms with van der Waals surface area (Å²) >= 11 is 0. The van der Waals surface area contributed by atoms with Gasteiger partial charge in [0, 0.05) is 0 Å². The molecule has 1 aliphatic rings. The van der Waals surface area contributed by atoms with Crippen LogP contribution in [0.2, 0.25) is 0 Å². The molecule has 0 heterocycles. The second-order valence-corrected chi connectivity index (χ2v) is 7.82. The number of hydrogen-bond donors (Lipinski definition) is 0. The molecule has 2 rings (SSSR count). The molecule has 0 amide bonds. The summed E-state index contributed by atoms with van der Waals surface area (Å²) in [6.07, 6.45) is 3.66. The van der Waals surface area contributed by atoms with E-state index in [1.165, 1.54) is 19.3 Å². The van der Waals surface area contributed by atoms with Gasteiger partial charge in [0.2, 0.25) is 0 Å². The fraction of sp³-hybridized carbons (Fsp3) is 0.625. The van der Waals surface area contributed by atoms with Gasteiger partial charge in [0.15, 0.2) is 0 Å². The Kier molecular flexibility index (Phi) is 11.1. The molecule has 0 N–H and O–H groups in total. The van der Waals surface area contributed by atoms with Crippen LogP contribution >= 0.6 is 8.17 Å². The Bertz CT molecular complexity index is 493. The third kappa shape index (κ3) is 6.21. The van der Waals surface area contributed by atoms with E-state index in [1.54, 1.807) is 0 Å². The molecule has 0 saturated heterocycles. The Morgan fingerprint density at radius 2 is 1.65 bits per heavy atom. The molecule has 1 saturated carbocycles. The molecule has 120 valence electrons. The molecule has 4 nitrogen and oxygen atoms in total. The van der Waals surface area contributed by atoms with E-state index < -0.39 is 8.17 Å². The Balaban J connectivity index is 0.00000242. The van der Waals surface area contributed by atoms with Crippen molar-refractivity contribution in [2.45, 2.75) is 51.9 Å². The smallest absolute Gasteiger partial charge is 1.00 e. The molecular weight excluding hydrogens is 333 g/mol. The van der Waals surface area contributed by atoms with Gasteiger partial charge in [-0.1, -0.05) is 0 Å². The van der Waals surface area contributed by atoms with Crippen LogP contribution in [-0.4, -0.2) is 7.11 Å². The maximum absolute atomic E-state index is 11.8. The molecule has 23 heavy (non-hydrogen) atoms. The molecule has 1 aliphatic carbocycles. The summed E-state index contributed by atoms with van der Waals surface area (Å²) in [5.74, 6) is 1.58. The minimum atomic E-state index is -4.60. The molecule has 1 fully saturated rings. The fourth-order valence-electron chi connectivity index (χ4n) is 2.86. The van der Waals surface area contributed by atoms with Gasteiger partial charge in [-0.15, -0.1) is 0 Å². The quantitative estimate of drug-likeness (QED) is 0.399. The van der Waals surface area contributed by atoms with Crippen LogP contribution in [0.3, 0.4) is 0 Å².